The largest absolute Gasteiger partial charge is 0.463 e. The minimum Gasteiger partial charge on any atom is -0.463 e. The van der Waals surface area contributed by atoms with E-state index in [1.807, 2.05) is 12.3 Å². The number of methoxy groups -OCH3 is 1. The van der Waals surface area contributed by atoms with Crippen LogP contribution in [0.5, 0.6) is 0 Å². The Balaban J connectivity index is 2.13. The van der Waals surface area contributed by atoms with Gasteiger partial charge in [-0.15, -0.1) is 0 Å². The molecule has 2 aromatic heterocycles. The van der Waals surface area contributed by atoms with E-state index in [2.05, 4.69) is 20.4 Å². The third-order valence-corrected chi connectivity index (χ3v) is 3.40. The van der Waals surface area contributed by atoms with Gasteiger partial charge in [0.05, 0.1) is 24.5 Å². The molecular weight excluding hydrogens is 286 g/mol. The maximum Gasteiger partial charge on any atom is 0.338 e. The summed E-state index contributed by atoms with van der Waals surface area (Å²) in [5.41, 5.74) is 2.00. The predicted octanol–water partition coefficient (Wildman–Crippen LogP) is 1.08. The quantitative estimate of drug-likeness (QED) is 0.803. The average Bonchev–Trinajstić information content (AvgIpc) is 3.17. The lowest BCUT2D eigenvalue weighted by Gasteiger charge is -2.28. The Morgan fingerprint density at radius 2 is 2.36 bits per heavy atom. The van der Waals surface area contributed by atoms with Crippen LogP contribution in [0.2, 0.25) is 0 Å². The highest BCUT2D eigenvalue weighted by atomic mass is 16.5. The molecular formula is C14H17N5O3. The van der Waals surface area contributed by atoms with Gasteiger partial charge < -0.3 is 19.8 Å². The fraction of sp³-hybridized carbons (Fsp3) is 0.357. The van der Waals surface area contributed by atoms with Crippen LogP contribution in [0.4, 0.5) is 5.95 Å². The topological polar surface area (TPSA) is 94.1 Å². The molecule has 1 atom stereocenters. The van der Waals surface area contributed by atoms with E-state index in [9.17, 15) is 4.79 Å². The Labute approximate surface area is 127 Å². The van der Waals surface area contributed by atoms with Crippen molar-refractivity contribution in [3.05, 3.63) is 41.6 Å². The van der Waals surface area contributed by atoms with Crippen LogP contribution in [0.25, 0.3) is 0 Å². The number of hydrogen-bond donors (Lipinski definition) is 2. The number of anilines is 1. The number of hydrogen-bond acceptors (Lipinski definition) is 6. The van der Waals surface area contributed by atoms with E-state index < -0.39 is 12.0 Å². The number of aromatic nitrogens is 4. The maximum absolute atomic E-state index is 12.5. The molecule has 0 spiro atoms. The van der Waals surface area contributed by atoms with Crippen molar-refractivity contribution < 1.29 is 14.3 Å². The first-order valence-corrected chi connectivity index (χ1v) is 6.94. The first-order chi connectivity index (χ1) is 10.8. The van der Waals surface area contributed by atoms with Crippen molar-refractivity contribution in [2.24, 2.45) is 0 Å². The average molecular weight is 303 g/mol. The second kappa shape index (κ2) is 6.02. The minimum atomic E-state index is -0.408. The van der Waals surface area contributed by atoms with Crippen molar-refractivity contribution in [3.8, 4) is 0 Å². The number of ether oxygens (including phenoxy) is 2. The molecule has 3 rings (SSSR count). The van der Waals surface area contributed by atoms with E-state index in [0.29, 0.717) is 23.8 Å². The van der Waals surface area contributed by atoms with Gasteiger partial charge in [-0.05, 0) is 18.6 Å². The number of nitrogens with zero attached hydrogens (tertiary/aromatic N) is 3. The van der Waals surface area contributed by atoms with Gasteiger partial charge in [0, 0.05) is 19.5 Å². The van der Waals surface area contributed by atoms with Crippen LogP contribution < -0.4 is 5.32 Å². The molecule has 1 unspecified atom stereocenters. The van der Waals surface area contributed by atoms with Gasteiger partial charge in [0.2, 0.25) is 5.95 Å². The van der Waals surface area contributed by atoms with Gasteiger partial charge in [0.1, 0.15) is 12.4 Å². The monoisotopic (exact) mass is 303 g/mol. The number of esters is 1. The molecule has 1 aliphatic rings. The molecule has 0 fully saturated rings. The summed E-state index contributed by atoms with van der Waals surface area (Å²) in [7, 11) is 1.57. The molecule has 1 aliphatic heterocycles. The molecule has 8 nitrogen and oxygen atoms in total. The Morgan fingerprint density at radius 1 is 1.50 bits per heavy atom. The fourth-order valence-electron chi connectivity index (χ4n) is 2.53. The fourth-order valence-corrected chi connectivity index (χ4v) is 2.53. The van der Waals surface area contributed by atoms with Crippen molar-refractivity contribution in [3.63, 3.8) is 0 Å². The Hall–Kier alpha value is -2.61. The lowest BCUT2D eigenvalue weighted by atomic mass is 9.97. The van der Waals surface area contributed by atoms with E-state index in [4.69, 9.17) is 9.47 Å². The van der Waals surface area contributed by atoms with Crippen LogP contribution in [0.15, 0.2) is 36.1 Å². The van der Waals surface area contributed by atoms with Crippen LogP contribution in [0.1, 0.15) is 18.5 Å². The molecule has 0 aromatic carbocycles. The molecule has 2 aromatic rings. The van der Waals surface area contributed by atoms with Crippen LogP contribution in [-0.4, -0.2) is 46.0 Å². The Kier molecular flexibility index (Phi) is 3.92. The Bertz CT molecular complexity index is 689. The minimum absolute atomic E-state index is 0.252. The van der Waals surface area contributed by atoms with Crippen molar-refractivity contribution in [2.45, 2.75) is 13.0 Å². The third-order valence-electron chi connectivity index (χ3n) is 3.40. The molecule has 8 heteroatoms. The van der Waals surface area contributed by atoms with Crippen LogP contribution in [0, 0.1) is 0 Å². The number of aromatic amines is 1. The zero-order valence-corrected chi connectivity index (χ0v) is 12.4. The summed E-state index contributed by atoms with van der Waals surface area (Å²) in [4.78, 5) is 19.7. The van der Waals surface area contributed by atoms with Gasteiger partial charge in [0.15, 0.2) is 0 Å². The summed E-state index contributed by atoms with van der Waals surface area (Å²) < 4.78 is 12.1. The van der Waals surface area contributed by atoms with E-state index in [1.54, 1.807) is 24.9 Å². The van der Waals surface area contributed by atoms with Crippen molar-refractivity contribution in [2.75, 3.05) is 25.6 Å². The summed E-state index contributed by atoms with van der Waals surface area (Å²) in [6.07, 6.45) is 5.07. The summed E-state index contributed by atoms with van der Waals surface area (Å²) >= 11 is 0. The maximum atomic E-state index is 12.5. The predicted molar refractivity (Wildman–Crippen MR) is 78.1 cm³/mol. The lowest BCUT2D eigenvalue weighted by molar-refractivity contribution is -0.139. The van der Waals surface area contributed by atoms with Crippen LogP contribution >= 0.6 is 0 Å². The molecule has 116 valence electrons. The van der Waals surface area contributed by atoms with E-state index in [1.165, 1.54) is 6.33 Å². The van der Waals surface area contributed by atoms with E-state index >= 15 is 0 Å². The highest BCUT2D eigenvalue weighted by Gasteiger charge is 2.35. The number of rotatable bonds is 5. The van der Waals surface area contributed by atoms with Gasteiger partial charge in [-0.3, -0.25) is 0 Å². The molecule has 3 heterocycles. The third kappa shape index (κ3) is 2.37. The molecule has 0 saturated heterocycles. The second-order valence-corrected chi connectivity index (χ2v) is 4.75. The summed E-state index contributed by atoms with van der Waals surface area (Å²) in [5.74, 6) is 0.167. The second-order valence-electron chi connectivity index (χ2n) is 4.75. The zero-order chi connectivity index (χ0) is 15.5. The lowest BCUT2D eigenvalue weighted by Crippen LogP contribution is -2.31. The highest BCUT2D eigenvalue weighted by Crippen LogP contribution is 2.35. The number of carbonyl (C=O) groups excluding carboxylic acids is 1. The van der Waals surface area contributed by atoms with Gasteiger partial charge in [-0.25, -0.2) is 9.48 Å². The molecule has 2 N–H and O–H groups in total. The van der Waals surface area contributed by atoms with Crippen LogP contribution in [0.3, 0.4) is 0 Å². The standard InChI is InChI=1S/C14H17N5O3/c1-3-22-13(20)11-10(7-21-2)18-14-16-8-17-19(14)12(11)9-4-5-15-6-9/h4-6,8,12,15H,3,7H2,1-2H3,(H,16,17,18). The van der Waals surface area contributed by atoms with Gasteiger partial charge in [-0.2, -0.15) is 10.1 Å². The summed E-state index contributed by atoms with van der Waals surface area (Å²) in [6.45, 7) is 2.32. The number of carbonyl (C=O) groups is 1. The smallest absolute Gasteiger partial charge is 0.338 e. The molecule has 0 aliphatic carbocycles. The van der Waals surface area contributed by atoms with Gasteiger partial charge >= 0.3 is 5.97 Å². The van der Waals surface area contributed by atoms with E-state index in [-0.39, 0.29) is 6.61 Å². The summed E-state index contributed by atoms with van der Waals surface area (Å²) in [5, 5.41) is 7.32. The molecule has 0 radical (unpaired) electrons. The number of nitrogens with one attached hydrogen (secondary N) is 2. The van der Waals surface area contributed by atoms with Crippen molar-refractivity contribution >= 4 is 11.9 Å². The number of fused-ring (bicyclic) bond motifs is 1. The molecule has 0 amide bonds. The molecule has 0 saturated carbocycles. The van der Waals surface area contributed by atoms with Crippen molar-refractivity contribution in [1.82, 2.24) is 19.7 Å². The molecule has 22 heavy (non-hydrogen) atoms. The normalized spacial score (nSPS) is 17.1. The van der Waals surface area contributed by atoms with Gasteiger partial charge in [0.25, 0.3) is 0 Å². The van der Waals surface area contributed by atoms with Gasteiger partial charge in [-0.1, -0.05) is 0 Å². The van der Waals surface area contributed by atoms with Crippen molar-refractivity contribution in [1.29, 1.82) is 0 Å². The van der Waals surface area contributed by atoms with Crippen LogP contribution in [-0.2, 0) is 14.3 Å². The SMILES string of the molecule is CCOC(=O)C1=C(COC)Nc2ncnn2C1c1cc[nH]c1. The Morgan fingerprint density at radius 3 is 3.05 bits per heavy atom. The highest BCUT2D eigenvalue weighted by molar-refractivity contribution is 5.92. The zero-order valence-electron chi connectivity index (χ0n) is 12.4. The summed E-state index contributed by atoms with van der Waals surface area (Å²) in [6, 6.07) is 1.49. The first kappa shape index (κ1) is 14.3. The molecule has 0 bridgehead atoms. The number of H-pyrrole nitrogens is 1. The van der Waals surface area contributed by atoms with E-state index in [0.717, 1.165) is 5.56 Å². The first-order valence-electron chi connectivity index (χ1n) is 6.94.